The van der Waals surface area contributed by atoms with Crippen molar-refractivity contribution in [1.82, 2.24) is 5.32 Å². The van der Waals surface area contributed by atoms with Crippen molar-refractivity contribution < 1.29 is 4.74 Å². The van der Waals surface area contributed by atoms with Crippen molar-refractivity contribution in [3.05, 3.63) is 0 Å². The van der Waals surface area contributed by atoms with Crippen LogP contribution >= 0.6 is 0 Å². The average molecular weight is 199 g/mol. The predicted octanol–water partition coefficient (Wildman–Crippen LogP) is 2.58. The van der Waals surface area contributed by atoms with E-state index in [-0.39, 0.29) is 0 Å². The molecule has 2 nitrogen and oxygen atoms in total. The van der Waals surface area contributed by atoms with Crippen LogP contribution in [0.1, 0.15) is 46.0 Å². The van der Waals surface area contributed by atoms with Crippen LogP contribution in [0.3, 0.4) is 0 Å². The highest BCUT2D eigenvalue weighted by Gasteiger charge is 2.35. The molecule has 1 unspecified atom stereocenters. The van der Waals surface area contributed by atoms with Crippen molar-refractivity contribution in [3.8, 4) is 0 Å². The van der Waals surface area contributed by atoms with Crippen LogP contribution in [0.15, 0.2) is 0 Å². The lowest BCUT2D eigenvalue weighted by molar-refractivity contribution is 0.0998. The highest BCUT2D eigenvalue weighted by molar-refractivity contribution is 4.89. The van der Waals surface area contributed by atoms with Crippen LogP contribution in [-0.4, -0.2) is 26.3 Å². The lowest BCUT2D eigenvalue weighted by Crippen LogP contribution is -2.44. The average Bonchev–Trinajstić information content (AvgIpc) is 2.10. The predicted molar refractivity (Wildman–Crippen MR) is 60.5 cm³/mol. The molecule has 0 heterocycles. The Balaban J connectivity index is 2.20. The summed E-state index contributed by atoms with van der Waals surface area (Å²) in [5.74, 6) is 0. The minimum absolute atomic E-state index is 0.495. The van der Waals surface area contributed by atoms with Crippen molar-refractivity contribution in [2.45, 2.75) is 52.0 Å². The van der Waals surface area contributed by atoms with Crippen LogP contribution < -0.4 is 5.32 Å². The number of hydrogen-bond donors (Lipinski definition) is 1. The summed E-state index contributed by atoms with van der Waals surface area (Å²) in [7, 11) is 1.77. The Morgan fingerprint density at radius 3 is 2.57 bits per heavy atom. The molecule has 0 bridgehead atoms. The summed E-state index contributed by atoms with van der Waals surface area (Å²) in [5.41, 5.74) is 0.636. The van der Waals surface area contributed by atoms with E-state index >= 15 is 0 Å². The van der Waals surface area contributed by atoms with Crippen molar-refractivity contribution in [2.24, 2.45) is 5.41 Å². The van der Waals surface area contributed by atoms with Crippen molar-refractivity contribution in [1.29, 1.82) is 0 Å². The standard InChI is InChI=1S/C12H25NO/c1-4-6-12(7-5-8-12)10-13-11(2)9-14-3/h11,13H,4-10H2,1-3H3. The van der Waals surface area contributed by atoms with Gasteiger partial charge in [-0.1, -0.05) is 19.8 Å². The molecule has 1 fully saturated rings. The SMILES string of the molecule is CCCC1(CNC(C)COC)CCC1. The molecule has 0 saturated heterocycles. The zero-order valence-electron chi connectivity index (χ0n) is 9.94. The fraction of sp³-hybridized carbons (Fsp3) is 1.00. The molecule has 0 amide bonds. The molecule has 1 rings (SSSR count). The first-order valence-corrected chi connectivity index (χ1v) is 5.95. The Hall–Kier alpha value is -0.0800. The quantitative estimate of drug-likeness (QED) is 0.680. The summed E-state index contributed by atoms with van der Waals surface area (Å²) in [6.45, 7) is 6.49. The number of ether oxygens (including phenoxy) is 1. The zero-order valence-corrected chi connectivity index (χ0v) is 9.94. The third-order valence-electron chi connectivity index (χ3n) is 3.44. The summed E-state index contributed by atoms with van der Waals surface area (Å²) in [6, 6.07) is 0.495. The van der Waals surface area contributed by atoms with Crippen LogP contribution in [0, 0.1) is 5.41 Å². The zero-order chi connectivity index (χ0) is 10.4. The van der Waals surface area contributed by atoms with E-state index in [9.17, 15) is 0 Å². The van der Waals surface area contributed by atoms with Gasteiger partial charge in [-0.25, -0.2) is 0 Å². The molecule has 0 aliphatic heterocycles. The second-order valence-corrected chi connectivity index (χ2v) is 4.84. The Bertz CT molecular complexity index is 154. The van der Waals surface area contributed by atoms with E-state index in [1.807, 2.05) is 0 Å². The van der Waals surface area contributed by atoms with Crippen LogP contribution in [0.5, 0.6) is 0 Å². The maximum Gasteiger partial charge on any atom is 0.0613 e. The first kappa shape index (κ1) is 12.0. The fourth-order valence-electron chi connectivity index (χ4n) is 2.42. The number of methoxy groups -OCH3 is 1. The maximum absolute atomic E-state index is 5.12. The normalized spacial score (nSPS) is 21.6. The Labute approximate surface area is 88.4 Å². The van der Waals surface area contributed by atoms with E-state index < -0.39 is 0 Å². The second kappa shape index (κ2) is 5.72. The third-order valence-corrected chi connectivity index (χ3v) is 3.44. The van der Waals surface area contributed by atoms with Crippen LogP contribution in [0.2, 0.25) is 0 Å². The van der Waals surface area contributed by atoms with E-state index in [0.29, 0.717) is 11.5 Å². The molecule has 1 aliphatic carbocycles. The Morgan fingerprint density at radius 1 is 1.43 bits per heavy atom. The van der Waals surface area contributed by atoms with Crippen molar-refractivity contribution in [2.75, 3.05) is 20.3 Å². The number of rotatable bonds is 7. The van der Waals surface area contributed by atoms with Gasteiger partial charge in [-0.15, -0.1) is 0 Å². The third kappa shape index (κ3) is 3.25. The highest BCUT2D eigenvalue weighted by Crippen LogP contribution is 2.44. The summed E-state index contributed by atoms with van der Waals surface area (Å²) in [4.78, 5) is 0. The topological polar surface area (TPSA) is 21.3 Å². The molecule has 2 heteroatoms. The minimum Gasteiger partial charge on any atom is -0.383 e. The molecular formula is C12H25NO. The van der Waals surface area contributed by atoms with Gasteiger partial charge in [-0.2, -0.15) is 0 Å². The minimum atomic E-state index is 0.495. The molecule has 0 spiro atoms. The molecule has 0 aromatic carbocycles. The van der Waals surface area contributed by atoms with Gasteiger partial charge in [0.1, 0.15) is 0 Å². The summed E-state index contributed by atoms with van der Waals surface area (Å²) in [5, 5.41) is 3.59. The fourth-order valence-corrected chi connectivity index (χ4v) is 2.42. The van der Waals surface area contributed by atoms with Crippen molar-refractivity contribution in [3.63, 3.8) is 0 Å². The van der Waals surface area contributed by atoms with E-state index in [0.717, 1.165) is 6.61 Å². The van der Waals surface area contributed by atoms with Gasteiger partial charge in [0, 0.05) is 19.7 Å². The molecule has 14 heavy (non-hydrogen) atoms. The largest absolute Gasteiger partial charge is 0.383 e. The summed E-state index contributed by atoms with van der Waals surface area (Å²) in [6.07, 6.45) is 6.99. The van der Waals surface area contributed by atoms with Gasteiger partial charge in [0.15, 0.2) is 0 Å². The van der Waals surface area contributed by atoms with Crippen LogP contribution in [0.4, 0.5) is 0 Å². The Kier molecular flexibility index (Phi) is 4.90. The number of nitrogens with one attached hydrogen (secondary N) is 1. The molecule has 84 valence electrons. The number of hydrogen-bond acceptors (Lipinski definition) is 2. The first-order valence-electron chi connectivity index (χ1n) is 5.95. The van der Waals surface area contributed by atoms with Crippen LogP contribution in [-0.2, 0) is 4.74 Å². The van der Waals surface area contributed by atoms with Gasteiger partial charge in [-0.05, 0) is 31.6 Å². The van der Waals surface area contributed by atoms with E-state index in [1.54, 1.807) is 7.11 Å². The van der Waals surface area contributed by atoms with Crippen LogP contribution in [0.25, 0.3) is 0 Å². The molecule has 0 radical (unpaired) electrons. The molecule has 0 aromatic heterocycles. The van der Waals surface area contributed by atoms with Crippen molar-refractivity contribution >= 4 is 0 Å². The lowest BCUT2D eigenvalue weighted by Gasteiger charge is -2.43. The second-order valence-electron chi connectivity index (χ2n) is 4.84. The molecular weight excluding hydrogens is 174 g/mol. The summed E-state index contributed by atoms with van der Waals surface area (Å²) < 4.78 is 5.12. The Morgan fingerprint density at radius 2 is 2.14 bits per heavy atom. The monoisotopic (exact) mass is 199 g/mol. The van der Waals surface area contributed by atoms with Gasteiger partial charge >= 0.3 is 0 Å². The van der Waals surface area contributed by atoms with Gasteiger partial charge < -0.3 is 10.1 Å². The lowest BCUT2D eigenvalue weighted by atomic mass is 9.66. The van der Waals surface area contributed by atoms with Gasteiger partial charge in [0.05, 0.1) is 6.61 Å². The van der Waals surface area contributed by atoms with Gasteiger partial charge in [-0.3, -0.25) is 0 Å². The van der Waals surface area contributed by atoms with Gasteiger partial charge in [0.2, 0.25) is 0 Å². The smallest absolute Gasteiger partial charge is 0.0613 e. The molecule has 1 saturated carbocycles. The van der Waals surface area contributed by atoms with E-state index in [2.05, 4.69) is 19.2 Å². The molecule has 0 aromatic rings. The first-order chi connectivity index (χ1) is 6.72. The van der Waals surface area contributed by atoms with E-state index in [4.69, 9.17) is 4.74 Å². The maximum atomic E-state index is 5.12. The summed E-state index contributed by atoms with van der Waals surface area (Å²) >= 11 is 0. The highest BCUT2D eigenvalue weighted by atomic mass is 16.5. The molecule has 1 atom stereocenters. The van der Waals surface area contributed by atoms with E-state index in [1.165, 1.54) is 38.6 Å². The molecule has 1 aliphatic rings. The van der Waals surface area contributed by atoms with Gasteiger partial charge in [0.25, 0.3) is 0 Å². The molecule has 1 N–H and O–H groups in total.